The smallest absolute Gasteiger partial charge is 0.247 e. The van der Waals surface area contributed by atoms with Crippen LogP contribution in [0, 0.1) is 5.82 Å². The molecule has 1 amide bonds. The zero-order valence-electron chi connectivity index (χ0n) is 28.6. The first kappa shape index (κ1) is 34.5. The summed E-state index contributed by atoms with van der Waals surface area (Å²) in [5, 5.41) is 8.01. The van der Waals surface area contributed by atoms with E-state index in [1.54, 1.807) is 30.4 Å². The molecule has 4 heterocycles. The highest BCUT2D eigenvalue weighted by molar-refractivity contribution is 6.30. The van der Waals surface area contributed by atoms with E-state index in [1.807, 2.05) is 12.1 Å². The van der Waals surface area contributed by atoms with Crippen molar-refractivity contribution in [2.45, 2.75) is 63.1 Å². The SMILES string of the molecule is C=CC(=O)Nc1cc(Nc2cc(N3OCC[C@@H]3c3cccc(Cl)c3F)ncn2)c(OC)cc1N1CCC(N2CCN(C3CCCC3)CC2)CC1. The minimum Gasteiger partial charge on any atom is -0.494 e. The number of piperidine rings is 1. The molecule has 0 unspecified atom stereocenters. The lowest BCUT2D eigenvalue weighted by atomic mass is 10.0. The van der Waals surface area contributed by atoms with Gasteiger partial charge in [0.15, 0.2) is 5.82 Å². The van der Waals surface area contributed by atoms with Crippen LogP contribution in [0.5, 0.6) is 5.75 Å². The van der Waals surface area contributed by atoms with Gasteiger partial charge in [-0.2, -0.15) is 0 Å². The van der Waals surface area contributed by atoms with Crippen molar-refractivity contribution in [2.24, 2.45) is 0 Å². The number of aromatic nitrogens is 2. The van der Waals surface area contributed by atoms with E-state index in [4.69, 9.17) is 21.2 Å². The van der Waals surface area contributed by atoms with E-state index in [2.05, 4.69) is 41.9 Å². The van der Waals surface area contributed by atoms with Gasteiger partial charge in [-0.15, -0.1) is 0 Å². The van der Waals surface area contributed by atoms with Crippen molar-refractivity contribution in [3.05, 3.63) is 71.8 Å². The van der Waals surface area contributed by atoms with E-state index in [0.717, 1.165) is 50.7 Å². The summed E-state index contributed by atoms with van der Waals surface area (Å²) in [4.78, 5) is 35.1. The van der Waals surface area contributed by atoms with Gasteiger partial charge in [-0.3, -0.25) is 19.4 Å². The highest BCUT2D eigenvalue weighted by Crippen LogP contribution is 2.41. The van der Waals surface area contributed by atoms with E-state index in [9.17, 15) is 9.18 Å². The van der Waals surface area contributed by atoms with Crippen LogP contribution in [0.4, 0.5) is 33.1 Å². The number of hydroxylamine groups is 1. The molecule has 11 nitrogen and oxygen atoms in total. The largest absolute Gasteiger partial charge is 0.494 e. The van der Waals surface area contributed by atoms with Gasteiger partial charge in [0, 0.05) is 75.5 Å². The van der Waals surface area contributed by atoms with Crippen molar-refractivity contribution < 1.29 is 18.8 Å². The summed E-state index contributed by atoms with van der Waals surface area (Å²) >= 11 is 6.09. The first-order valence-electron chi connectivity index (χ1n) is 17.8. The standard InChI is InChI=1S/C37H46ClFN8O3/c1-3-36(48)43-29-21-30(42-34-23-35(41-24-40-34)47-31(13-20-50-47)27-9-6-10-28(38)37(27)39)33(49-2)22-32(29)46-14-11-26(12-15-46)45-18-16-44(17-19-45)25-7-4-5-8-25/h3,6,9-10,21-26,31H,1,4-5,7-8,11-20H2,2H3,(H,43,48)(H,40,41,42)/t31-/m1/s1. The Kier molecular flexibility index (Phi) is 10.7. The van der Waals surface area contributed by atoms with Gasteiger partial charge in [-0.1, -0.05) is 43.2 Å². The molecule has 3 aliphatic heterocycles. The van der Waals surface area contributed by atoms with E-state index in [0.29, 0.717) is 53.4 Å². The molecule has 4 aliphatic rings. The lowest BCUT2D eigenvalue weighted by molar-refractivity contribution is -0.111. The van der Waals surface area contributed by atoms with Crippen LogP contribution in [0.2, 0.25) is 5.02 Å². The van der Waals surface area contributed by atoms with Crippen molar-refractivity contribution in [1.29, 1.82) is 0 Å². The number of hydrogen-bond acceptors (Lipinski definition) is 10. The van der Waals surface area contributed by atoms with Crippen LogP contribution in [-0.2, 0) is 9.63 Å². The highest BCUT2D eigenvalue weighted by atomic mass is 35.5. The summed E-state index contributed by atoms with van der Waals surface area (Å²) in [6.45, 7) is 10.4. The van der Waals surface area contributed by atoms with Crippen LogP contribution in [0.15, 0.2) is 55.4 Å². The van der Waals surface area contributed by atoms with Crippen LogP contribution in [0.1, 0.15) is 56.6 Å². The minimum atomic E-state index is -0.470. The van der Waals surface area contributed by atoms with E-state index >= 15 is 0 Å². The van der Waals surface area contributed by atoms with Gasteiger partial charge in [0.2, 0.25) is 5.91 Å². The van der Waals surface area contributed by atoms with E-state index in [1.165, 1.54) is 57.2 Å². The molecular formula is C37H46ClFN8O3. The van der Waals surface area contributed by atoms with Crippen LogP contribution < -0.4 is 25.3 Å². The molecule has 1 saturated carbocycles. The molecule has 1 aliphatic carbocycles. The fourth-order valence-electron chi connectivity index (χ4n) is 8.02. The zero-order chi connectivity index (χ0) is 34.6. The predicted molar refractivity (Wildman–Crippen MR) is 195 cm³/mol. The molecule has 13 heteroatoms. The Balaban J connectivity index is 1.07. The van der Waals surface area contributed by atoms with Crippen molar-refractivity contribution in [1.82, 2.24) is 19.8 Å². The number of halogens is 2. The monoisotopic (exact) mass is 704 g/mol. The Morgan fingerprint density at radius 2 is 1.70 bits per heavy atom. The molecule has 0 spiro atoms. The van der Waals surface area contributed by atoms with Gasteiger partial charge >= 0.3 is 0 Å². The van der Waals surface area contributed by atoms with Gasteiger partial charge < -0.3 is 20.3 Å². The van der Waals surface area contributed by atoms with Gasteiger partial charge in [0.05, 0.1) is 41.8 Å². The first-order chi connectivity index (χ1) is 24.4. The number of hydrogen-bond donors (Lipinski definition) is 2. The number of piperazine rings is 1. The molecule has 1 aromatic heterocycles. The second kappa shape index (κ2) is 15.5. The predicted octanol–water partition coefficient (Wildman–Crippen LogP) is 6.56. The fourth-order valence-corrected chi connectivity index (χ4v) is 8.20. The average Bonchev–Trinajstić information content (AvgIpc) is 3.87. The number of benzene rings is 2. The first-order valence-corrected chi connectivity index (χ1v) is 18.1. The van der Waals surface area contributed by atoms with Crippen molar-refractivity contribution in [3.63, 3.8) is 0 Å². The summed E-state index contributed by atoms with van der Waals surface area (Å²) in [5.41, 5.74) is 2.59. The third kappa shape index (κ3) is 7.39. The molecule has 2 aromatic carbocycles. The maximum absolute atomic E-state index is 15.0. The molecule has 3 saturated heterocycles. The number of anilines is 5. The van der Waals surface area contributed by atoms with Crippen LogP contribution in [0.25, 0.3) is 0 Å². The van der Waals surface area contributed by atoms with Crippen molar-refractivity contribution in [3.8, 4) is 5.75 Å². The van der Waals surface area contributed by atoms with Crippen molar-refractivity contribution >= 4 is 46.2 Å². The lowest BCUT2D eigenvalue weighted by Gasteiger charge is -2.44. The summed E-state index contributed by atoms with van der Waals surface area (Å²) in [7, 11) is 1.62. The number of amides is 1. The van der Waals surface area contributed by atoms with Crippen molar-refractivity contribution in [2.75, 3.05) is 73.6 Å². The maximum Gasteiger partial charge on any atom is 0.247 e. The van der Waals surface area contributed by atoms with Gasteiger partial charge in [-0.25, -0.2) is 19.4 Å². The number of rotatable bonds is 10. The van der Waals surface area contributed by atoms with Crippen LogP contribution in [-0.4, -0.2) is 90.7 Å². The number of carbonyl (C=O) groups is 1. The Bertz CT molecular complexity index is 1670. The summed E-state index contributed by atoms with van der Waals surface area (Å²) < 4.78 is 20.8. The average molecular weight is 705 g/mol. The molecule has 3 aromatic rings. The third-order valence-electron chi connectivity index (χ3n) is 10.7. The van der Waals surface area contributed by atoms with Gasteiger partial charge in [0.1, 0.15) is 23.7 Å². The molecule has 0 bridgehead atoms. The topological polar surface area (TPSA) is 98.3 Å². The third-order valence-corrected chi connectivity index (χ3v) is 11.0. The Hall–Kier alpha value is -3.97. The quantitative estimate of drug-likeness (QED) is 0.226. The second-order valence-corrected chi connectivity index (χ2v) is 13.9. The minimum absolute atomic E-state index is 0.0616. The Labute approximate surface area is 298 Å². The molecule has 50 heavy (non-hydrogen) atoms. The second-order valence-electron chi connectivity index (χ2n) is 13.5. The molecular weight excluding hydrogens is 659 g/mol. The number of nitrogens with zero attached hydrogens (tertiary/aromatic N) is 6. The maximum atomic E-state index is 15.0. The number of ether oxygens (including phenoxy) is 1. The molecule has 1 atom stereocenters. The fraction of sp³-hybridized carbons (Fsp3) is 0.486. The van der Waals surface area contributed by atoms with Gasteiger partial charge in [0.25, 0.3) is 0 Å². The molecule has 2 N–H and O–H groups in total. The van der Waals surface area contributed by atoms with Gasteiger partial charge in [-0.05, 0) is 43.9 Å². The molecule has 0 radical (unpaired) electrons. The number of carbonyl (C=O) groups excluding carboxylic acids is 1. The summed E-state index contributed by atoms with van der Waals surface area (Å²) in [6, 6.07) is 11.5. The number of methoxy groups -OCH3 is 1. The van der Waals surface area contributed by atoms with Crippen LogP contribution >= 0.6 is 11.6 Å². The number of nitrogens with one attached hydrogen (secondary N) is 2. The Morgan fingerprint density at radius 3 is 2.40 bits per heavy atom. The zero-order valence-corrected chi connectivity index (χ0v) is 29.4. The van der Waals surface area contributed by atoms with E-state index in [-0.39, 0.29) is 10.9 Å². The van der Waals surface area contributed by atoms with Crippen LogP contribution in [0.3, 0.4) is 0 Å². The molecule has 266 valence electrons. The summed E-state index contributed by atoms with van der Waals surface area (Å²) in [6.07, 6.45) is 10.9. The normalized spacial score (nSPS) is 21.1. The summed E-state index contributed by atoms with van der Waals surface area (Å²) in [5.74, 6) is 0.757. The molecule has 4 fully saturated rings. The lowest BCUT2D eigenvalue weighted by Crippen LogP contribution is -2.54. The highest BCUT2D eigenvalue weighted by Gasteiger charge is 2.33. The molecule has 7 rings (SSSR count). The Morgan fingerprint density at radius 1 is 0.980 bits per heavy atom. The van der Waals surface area contributed by atoms with E-state index < -0.39 is 11.9 Å².